The molecule has 0 atom stereocenters. The summed E-state index contributed by atoms with van der Waals surface area (Å²) in [5.74, 6) is 1.83. The minimum atomic E-state index is -0.600. The van der Waals surface area contributed by atoms with Crippen molar-refractivity contribution in [3.05, 3.63) is 216 Å². The van der Waals surface area contributed by atoms with Gasteiger partial charge in [0.05, 0.1) is 27.5 Å². The van der Waals surface area contributed by atoms with Crippen LogP contribution in [0.5, 0.6) is 11.5 Å². The summed E-state index contributed by atoms with van der Waals surface area (Å²) in [6.07, 6.45) is 0. The summed E-state index contributed by atoms with van der Waals surface area (Å²) in [7, 11) is 0. The van der Waals surface area contributed by atoms with Gasteiger partial charge < -0.3 is 13.9 Å². The van der Waals surface area contributed by atoms with E-state index in [2.05, 4.69) is 203 Å². The summed E-state index contributed by atoms with van der Waals surface area (Å²) in [5.41, 5.74) is 13.8. The van der Waals surface area contributed by atoms with Gasteiger partial charge >= 0.3 is 0 Å². The fraction of sp³-hybridized carbons (Fsp3) is 0.0189. The minimum absolute atomic E-state index is 0.600. The van der Waals surface area contributed by atoms with Gasteiger partial charge in [-0.25, -0.2) is 0 Å². The van der Waals surface area contributed by atoms with E-state index in [4.69, 9.17) is 4.74 Å². The van der Waals surface area contributed by atoms with Crippen LogP contribution < -0.4 is 4.74 Å². The number of benzene rings is 9. The third-order valence-corrected chi connectivity index (χ3v) is 12.6. The first-order chi connectivity index (χ1) is 27.8. The average molecular weight is 713 g/mol. The molecule has 1 aliphatic heterocycles. The molecule has 1 aliphatic carbocycles. The molecule has 0 N–H and O–H groups in total. The first-order valence-corrected chi connectivity index (χ1v) is 19.4. The molecule has 11 aromatic rings. The number of ether oxygens (including phenoxy) is 1. The molecule has 260 valence electrons. The summed E-state index contributed by atoms with van der Waals surface area (Å²) in [4.78, 5) is 0. The second-order valence-corrected chi connectivity index (χ2v) is 15.2. The van der Waals surface area contributed by atoms with Gasteiger partial charge in [-0.3, -0.25) is 0 Å². The van der Waals surface area contributed by atoms with Crippen LogP contribution in [-0.4, -0.2) is 9.13 Å². The summed E-state index contributed by atoms with van der Waals surface area (Å²) in [5, 5.41) is 7.32. The lowest BCUT2D eigenvalue weighted by Crippen LogP contribution is -2.32. The SMILES string of the molecule is c1ccc2c(c1)Oc1c(ccc3ccccc13)C21c2ccc(-n3c4ccccc4c4ccccc43)cc2-c2cc(-n3c4ccccc4c4ccccc43)ccc21. The molecule has 3 nitrogen and oxygen atoms in total. The molecule has 0 bridgehead atoms. The van der Waals surface area contributed by atoms with Crippen molar-refractivity contribution in [2.75, 3.05) is 0 Å². The van der Waals surface area contributed by atoms with Crippen LogP contribution in [0.25, 0.3) is 76.9 Å². The minimum Gasteiger partial charge on any atom is -0.456 e. The smallest absolute Gasteiger partial charge is 0.140 e. The molecule has 0 fully saturated rings. The Morgan fingerprint density at radius 3 is 1.30 bits per heavy atom. The fourth-order valence-corrected chi connectivity index (χ4v) is 10.3. The number of hydrogen-bond acceptors (Lipinski definition) is 1. The molecule has 0 unspecified atom stereocenters. The standard InChI is InChI=1S/C53H32N2O/c1-2-14-36-33(13-1)25-28-46-52(36)56-51-24-12-7-19-45(51)53(46)43-29-26-34(54-47-20-8-3-15-37(47)38-16-4-9-21-48(38)54)31-41(43)42-32-35(27-30-44(42)53)55-49-22-10-5-17-39(49)40-18-6-11-23-50(40)55/h1-32H. The van der Waals surface area contributed by atoms with Gasteiger partial charge in [-0.2, -0.15) is 0 Å². The number of hydrogen-bond donors (Lipinski definition) is 0. The Kier molecular flexibility index (Phi) is 5.83. The predicted octanol–water partition coefficient (Wildman–Crippen LogP) is 13.5. The number of para-hydroxylation sites is 5. The van der Waals surface area contributed by atoms with Crippen LogP contribution in [0.15, 0.2) is 194 Å². The van der Waals surface area contributed by atoms with E-state index in [1.165, 1.54) is 76.8 Å². The van der Waals surface area contributed by atoms with Gasteiger partial charge in [0.1, 0.15) is 11.5 Å². The Morgan fingerprint density at radius 1 is 0.339 bits per heavy atom. The van der Waals surface area contributed by atoms with Crippen molar-refractivity contribution in [2.24, 2.45) is 0 Å². The first kappa shape index (κ1) is 30.0. The van der Waals surface area contributed by atoms with E-state index >= 15 is 0 Å². The lowest BCUT2D eigenvalue weighted by molar-refractivity contribution is 0.441. The highest BCUT2D eigenvalue weighted by atomic mass is 16.5. The molecule has 3 heteroatoms. The van der Waals surface area contributed by atoms with Crippen LogP contribution in [0.1, 0.15) is 22.3 Å². The average Bonchev–Trinajstić information content (AvgIpc) is 3.88. The van der Waals surface area contributed by atoms with Gasteiger partial charge in [-0.15, -0.1) is 0 Å². The van der Waals surface area contributed by atoms with Gasteiger partial charge in [0.15, 0.2) is 0 Å². The fourth-order valence-electron chi connectivity index (χ4n) is 10.3. The van der Waals surface area contributed by atoms with Gasteiger partial charge in [0, 0.05) is 49.4 Å². The normalized spacial score (nSPS) is 13.6. The quantitative estimate of drug-likeness (QED) is 0.175. The number of fused-ring (bicyclic) bond motifs is 17. The summed E-state index contributed by atoms with van der Waals surface area (Å²) < 4.78 is 11.8. The summed E-state index contributed by atoms with van der Waals surface area (Å²) in [6, 6.07) is 71.3. The van der Waals surface area contributed by atoms with E-state index < -0.39 is 5.41 Å². The molecule has 1 spiro atoms. The maximum atomic E-state index is 6.96. The Balaban J connectivity index is 1.17. The Morgan fingerprint density at radius 2 is 0.768 bits per heavy atom. The molecule has 0 amide bonds. The summed E-state index contributed by atoms with van der Waals surface area (Å²) >= 11 is 0. The van der Waals surface area contributed by atoms with Crippen LogP contribution in [0.4, 0.5) is 0 Å². The molecular formula is C53H32N2O. The van der Waals surface area contributed by atoms with Crippen molar-refractivity contribution in [2.45, 2.75) is 5.41 Å². The molecule has 3 heterocycles. The third-order valence-electron chi connectivity index (χ3n) is 12.6. The molecule has 2 aromatic heterocycles. The van der Waals surface area contributed by atoms with E-state index in [1.54, 1.807) is 0 Å². The van der Waals surface area contributed by atoms with E-state index in [-0.39, 0.29) is 0 Å². The van der Waals surface area contributed by atoms with Gasteiger partial charge in [0.25, 0.3) is 0 Å². The highest BCUT2D eigenvalue weighted by molar-refractivity contribution is 6.10. The molecule has 0 radical (unpaired) electrons. The number of rotatable bonds is 2. The molecule has 0 saturated carbocycles. The topological polar surface area (TPSA) is 19.1 Å². The van der Waals surface area contributed by atoms with Crippen molar-refractivity contribution in [3.63, 3.8) is 0 Å². The predicted molar refractivity (Wildman–Crippen MR) is 230 cm³/mol. The lowest BCUT2D eigenvalue weighted by Gasteiger charge is -2.40. The first-order valence-electron chi connectivity index (χ1n) is 19.4. The highest BCUT2D eigenvalue weighted by Gasteiger charge is 2.51. The number of aromatic nitrogens is 2. The Hall–Kier alpha value is -7.36. The van der Waals surface area contributed by atoms with E-state index in [1.807, 2.05) is 0 Å². The van der Waals surface area contributed by atoms with Crippen molar-refractivity contribution < 1.29 is 4.74 Å². The molecular weight excluding hydrogens is 681 g/mol. The zero-order valence-corrected chi connectivity index (χ0v) is 30.3. The lowest BCUT2D eigenvalue weighted by atomic mass is 9.65. The second kappa shape index (κ2) is 10.9. The molecule has 2 aliphatic rings. The Bertz CT molecular complexity index is 3200. The van der Waals surface area contributed by atoms with Crippen LogP contribution >= 0.6 is 0 Å². The van der Waals surface area contributed by atoms with Gasteiger partial charge in [0.2, 0.25) is 0 Å². The van der Waals surface area contributed by atoms with E-state index in [0.29, 0.717) is 0 Å². The molecule has 56 heavy (non-hydrogen) atoms. The highest BCUT2D eigenvalue weighted by Crippen LogP contribution is 2.63. The second-order valence-electron chi connectivity index (χ2n) is 15.2. The monoisotopic (exact) mass is 712 g/mol. The summed E-state index contributed by atoms with van der Waals surface area (Å²) in [6.45, 7) is 0. The maximum absolute atomic E-state index is 6.96. The van der Waals surface area contributed by atoms with Crippen LogP contribution in [-0.2, 0) is 5.41 Å². The van der Waals surface area contributed by atoms with E-state index in [0.717, 1.165) is 33.8 Å². The largest absolute Gasteiger partial charge is 0.456 e. The van der Waals surface area contributed by atoms with E-state index in [9.17, 15) is 0 Å². The van der Waals surface area contributed by atoms with Crippen molar-refractivity contribution in [1.82, 2.24) is 9.13 Å². The van der Waals surface area contributed by atoms with Crippen molar-refractivity contribution in [3.8, 4) is 34.0 Å². The van der Waals surface area contributed by atoms with Crippen LogP contribution in [0.2, 0.25) is 0 Å². The molecule has 9 aromatic carbocycles. The Labute approximate surface area is 322 Å². The van der Waals surface area contributed by atoms with Gasteiger partial charge in [-0.1, -0.05) is 140 Å². The van der Waals surface area contributed by atoms with Crippen LogP contribution in [0, 0.1) is 0 Å². The van der Waals surface area contributed by atoms with Crippen molar-refractivity contribution >= 4 is 54.4 Å². The van der Waals surface area contributed by atoms with Crippen LogP contribution in [0.3, 0.4) is 0 Å². The van der Waals surface area contributed by atoms with Gasteiger partial charge in [-0.05, 0) is 82.2 Å². The third kappa shape index (κ3) is 3.72. The molecule has 13 rings (SSSR count). The number of nitrogens with zero attached hydrogens (tertiary/aromatic N) is 2. The molecule has 0 saturated heterocycles. The van der Waals surface area contributed by atoms with Crippen molar-refractivity contribution in [1.29, 1.82) is 0 Å². The zero-order valence-electron chi connectivity index (χ0n) is 30.3. The maximum Gasteiger partial charge on any atom is 0.140 e. The zero-order chi connectivity index (χ0) is 36.5.